The van der Waals surface area contributed by atoms with Crippen LogP contribution in [0.3, 0.4) is 0 Å². The number of anilines is 2. The van der Waals surface area contributed by atoms with E-state index in [1.165, 1.54) is 6.07 Å². The van der Waals surface area contributed by atoms with E-state index in [9.17, 15) is 14.4 Å². The first-order valence-electron chi connectivity index (χ1n) is 12.9. The number of para-hydroxylation sites is 1. The summed E-state index contributed by atoms with van der Waals surface area (Å²) in [5, 5.41) is 3.93. The van der Waals surface area contributed by atoms with Gasteiger partial charge in [-0.1, -0.05) is 53.5 Å². The summed E-state index contributed by atoms with van der Waals surface area (Å²) < 4.78 is 5.65. The molecule has 2 amide bonds. The fourth-order valence-electron chi connectivity index (χ4n) is 5.59. The lowest BCUT2D eigenvalue weighted by atomic mass is 9.90. The number of imide groups is 1. The number of halogens is 2. The monoisotopic (exact) mass is 580 g/mol. The van der Waals surface area contributed by atoms with Gasteiger partial charge in [0.2, 0.25) is 5.91 Å². The number of esters is 1. The Bertz CT molecular complexity index is 1470. The Kier molecular flexibility index (Phi) is 7.02. The molecule has 9 nitrogen and oxygen atoms in total. The van der Waals surface area contributed by atoms with E-state index < -0.39 is 29.9 Å². The molecule has 3 aliphatic rings. The molecule has 40 heavy (non-hydrogen) atoms. The SMILES string of the molecule is C[C@@H]1C[C@@H](C(=O)Oc2ccc([C@@H]3[C@H]4C(=O)N(c5ccc(Cl)c(Cl)c5)C(=O)[C@H]4ON3c3ccccc3)cc2)N(C)N1. The van der Waals surface area contributed by atoms with Crippen molar-refractivity contribution in [3.63, 3.8) is 0 Å². The number of hydrogen-bond donors (Lipinski definition) is 1. The molecule has 0 bridgehead atoms. The minimum absolute atomic E-state index is 0.180. The number of hydroxylamine groups is 1. The summed E-state index contributed by atoms with van der Waals surface area (Å²) in [6, 6.07) is 20.0. The van der Waals surface area contributed by atoms with Crippen LogP contribution in [0.15, 0.2) is 72.8 Å². The number of hydrazine groups is 1. The van der Waals surface area contributed by atoms with E-state index in [4.69, 9.17) is 32.8 Å². The third kappa shape index (κ3) is 4.63. The van der Waals surface area contributed by atoms with Gasteiger partial charge in [-0.2, -0.15) is 0 Å². The highest BCUT2D eigenvalue weighted by Gasteiger charge is 2.60. The Morgan fingerprint density at radius 2 is 1.68 bits per heavy atom. The molecule has 0 aromatic heterocycles. The fraction of sp³-hybridized carbons (Fsp3) is 0.276. The van der Waals surface area contributed by atoms with Crippen LogP contribution in [-0.2, 0) is 19.2 Å². The third-order valence-corrected chi connectivity index (χ3v) is 8.21. The number of ether oxygens (including phenoxy) is 1. The van der Waals surface area contributed by atoms with Crippen LogP contribution in [-0.4, -0.2) is 48.0 Å². The molecule has 1 N–H and O–H groups in total. The van der Waals surface area contributed by atoms with E-state index in [0.29, 0.717) is 28.6 Å². The van der Waals surface area contributed by atoms with Crippen LogP contribution in [0.5, 0.6) is 5.75 Å². The van der Waals surface area contributed by atoms with Crippen molar-refractivity contribution in [3.05, 3.63) is 88.4 Å². The number of nitrogens with one attached hydrogen (secondary N) is 1. The maximum atomic E-state index is 13.8. The average molecular weight is 581 g/mol. The second-order valence-corrected chi connectivity index (χ2v) is 11.0. The van der Waals surface area contributed by atoms with Crippen LogP contribution in [0.4, 0.5) is 11.4 Å². The normalized spacial score (nSPS) is 26.4. The maximum Gasteiger partial charge on any atom is 0.330 e. The summed E-state index contributed by atoms with van der Waals surface area (Å²) in [4.78, 5) is 47.4. The largest absolute Gasteiger partial charge is 0.425 e. The molecular weight excluding hydrogens is 555 g/mol. The zero-order valence-electron chi connectivity index (χ0n) is 21.7. The van der Waals surface area contributed by atoms with Crippen molar-refractivity contribution in [1.29, 1.82) is 0 Å². The van der Waals surface area contributed by atoms with E-state index in [0.717, 1.165) is 10.5 Å². The first-order chi connectivity index (χ1) is 19.2. The summed E-state index contributed by atoms with van der Waals surface area (Å²) in [6.45, 7) is 2.01. The van der Waals surface area contributed by atoms with Crippen molar-refractivity contribution in [2.75, 3.05) is 17.0 Å². The minimum Gasteiger partial charge on any atom is -0.425 e. The highest BCUT2D eigenvalue weighted by atomic mass is 35.5. The number of likely N-dealkylation sites (N-methyl/N-ethyl adjacent to an activating group) is 1. The molecule has 0 unspecified atom stereocenters. The topological polar surface area (TPSA) is 91.4 Å². The van der Waals surface area contributed by atoms with Crippen molar-refractivity contribution in [2.45, 2.75) is 37.6 Å². The van der Waals surface area contributed by atoms with Crippen LogP contribution in [0.1, 0.15) is 24.9 Å². The lowest BCUT2D eigenvalue weighted by molar-refractivity contribution is -0.139. The van der Waals surface area contributed by atoms with E-state index in [1.54, 1.807) is 46.5 Å². The Labute approximate surface area is 241 Å². The standard InChI is InChI=1S/C29H26Cl2N4O5/c1-16-14-23(33(2)32-16)29(38)39-20-11-8-17(9-12-20)25-24-26(40-35(25)18-6-4-3-5-7-18)28(37)34(27(24)36)19-10-13-21(30)22(31)15-19/h3-13,15-16,23-26,32H,14H2,1-2H3/t16-,23+,24-,25-,26+/m1/s1. The quantitative estimate of drug-likeness (QED) is 0.267. The molecule has 3 aliphatic heterocycles. The van der Waals surface area contributed by atoms with Gasteiger partial charge in [-0.05, 0) is 61.4 Å². The van der Waals surface area contributed by atoms with E-state index in [1.807, 2.05) is 44.3 Å². The van der Waals surface area contributed by atoms with Crippen molar-refractivity contribution >= 4 is 52.4 Å². The second kappa shape index (κ2) is 10.5. The number of hydrogen-bond acceptors (Lipinski definition) is 8. The number of benzene rings is 3. The zero-order valence-corrected chi connectivity index (χ0v) is 23.2. The van der Waals surface area contributed by atoms with Gasteiger partial charge in [0.05, 0.1) is 27.5 Å². The summed E-state index contributed by atoms with van der Waals surface area (Å²) in [7, 11) is 1.81. The van der Waals surface area contributed by atoms with Crippen molar-refractivity contribution < 1.29 is 24.0 Å². The third-order valence-electron chi connectivity index (χ3n) is 7.47. The fourth-order valence-corrected chi connectivity index (χ4v) is 5.88. The lowest BCUT2D eigenvalue weighted by Crippen LogP contribution is -2.41. The van der Waals surface area contributed by atoms with Crippen LogP contribution in [0.2, 0.25) is 10.0 Å². The predicted octanol–water partition coefficient (Wildman–Crippen LogP) is 4.55. The van der Waals surface area contributed by atoms with E-state index in [2.05, 4.69) is 5.43 Å². The minimum atomic E-state index is -1.03. The maximum absolute atomic E-state index is 13.8. The molecule has 11 heteroatoms. The molecule has 0 radical (unpaired) electrons. The Morgan fingerprint density at radius 3 is 2.33 bits per heavy atom. The van der Waals surface area contributed by atoms with Gasteiger partial charge in [0.1, 0.15) is 17.7 Å². The first kappa shape index (κ1) is 26.7. The van der Waals surface area contributed by atoms with Gasteiger partial charge in [-0.3, -0.25) is 19.9 Å². The predicted molar refractivity (Wildman–Crippen MR) is 150 cm³/mol. The number of carbonyl (C=O) groups is 3. The van der Waals surface area contributed by atoms with Crippen molar-refractivity contribution in [1.82, 2.24) is 10.4 Å². The zero-order chi connectivity index (χ0) is 28.1. The molecule has 3 aromatic carbocycles. The highest BCUT2D eigenvalue weighted by Crippen LogP contribution is 2.48. The van der Waals surface area contributed by atoms with Gasteiger partial charge < -0.3 is 4.74 Å². The number of amides is 2. The van der Waals surface area contributed by atoms with Crippen molar-refractivity contribution in [2.24, 2.45) is 5.92 Å². The molecule has 0 aliphatic carbocycles. The molecule has 3 heterocycles. The summed E-state index contributed by atoms with van der Waals surface area (Å²) in [6.07, 6.45) is -0.384. The molecule has 0 spiro atoms. The number of carbonyl (C=O) groups excluding carboxylic acids is 3. The molecule has 3 aromatic rings. The van der Waals surface area contributed by atoms with Gasteiger partial charge in [-0.25, -0.2) is 19.8 Å². The first-order valence-corrected chi connectivity index (χ1v) is 13.6. The number of nitrogens with zero attached hydrogens (tertiary/aromatic N) is 3. The van der Waals surface area contributed by atoms with Crippen LogP contribution in [0.25, 0.3) is 0 Å². The van der Waals surface area contributed by atoms with Crippen molar-refractivity contribution in [3.8, 4) is 5.75 Å². The smallest absolute Gasteiger partial charge is 0.330 e. The molecule has 6 rings (SSSR count). The van der Waals surface area contributed by atoms with Crippen LogP contribution < -0.4 is 20.1 Å². The highest BCUT2D eigenvalue weighted by molar-refractivity contribution is 6.42. The van der Waals surface area contributed by atoms with Crippen LogP contribution >= 0.6 is 23.2 Å². The number of fused-ring (bicyclic) bond motifs is 1. The molecule has 206 valence electrons. The molecular formula is C29H26Cl2N4O5. The van der Waals surface area contributed by atoms with Gasteiger partial charge in [-0.15, -0.1) is 0 Å². The average Bonchev–Trinajstić information content (AvgIpc) is 3.58. The summed E-state index contributed by atoms with van der Waals surface area (Å²) >= 11 is 12.2. The van der Waals surface area contributed by atoms with Gasteiger partial charge in [0.15, 0.2) is 6.10 Å². The Morgan fingerprint density at radius 1 is 0.950 bits per heavy atom. The molecule has 0 saturated carbocycles. The lowest BCUT2D eigenvalue weighted by Gasteiger charge is -2.29. The Hall–Kier alpha value is -3.47. The van der Waals surface area contributed by atoms with Gasteiger partial charge >= 0.3 is 5.97 Å². The molecule has 3 saturated heterocycles. The van der Waals surface area contributed by atoms with Gasteiger partial charge in [0.25, 0.3) is 5.91 Å². The Balaban J connectivity index is 1.30. The second-order valence-electron chi connectivity index (χ2n) is 10.2. The van der Waals surface area contributed by atoms with Crippen LogP contribution in [0, 0.1) is 5.92 Å². The molecule has 3 fully saturated rings. The van der Waals surface area contributed by atoms with E-state index in [-0.39, 0.29) is 23.1 Å². The van der Waals surface area contributed by atoms with E-state index >= 15 is 0 Å². The summed E-state index contributed by atoms with van der Waals surface area (Å²) in [5.41, 5.74) is 4.94. The van der Waals surface area contributed by atoms with Gasteiger partial charge in [0, 0.05) is 13.1 Å². The molecule has 5 atom stereocenters. The number of rotatable bonds is 5. The summed E-state index contributed by atoms with van der Waals surface area (Å²) in [5.74, 6) is -1.68.